The molecule has 1 fully saturated rings. The molecule has 3 rings (SSSR count). The fourth-order valence-electron chi connectivity index (χ4n) is 3.01. The van der Waals surface area contributed by atoms with Crippen LogP contribution < -0.4 is 15.5 Å². The number of carbonyl (C=O) groups is 3. The number of carbonyl (C=O) groups excluding carboxylic acids is 3. The third-order valence-electron chi connectivity index (χ3n) is 4.55. The summed E-state index contributed by atoms with van der Waals surface area (Å²) in [5.74, 6) is -1.14. The second-order valence-corrected chi connectivity index (χ2v) is 6.91. The molecule has 2 aromatic rings. The maximum Gasteiger partial charge on any atom is 0.252 e. The van der Waals surface area contributed by atoms with Gasteiger partial charge in [0.1, 0.15) is 0 Å². The number of halogens is 1. The first-order chi connectivity index (χ1) is 12.9. The van der Waals surface area contributed by atoms with Crippen LogP contribution in [0.3, 0.4) is 0 Å². The van der Waals surface area contributed by atoms with E-state index in [1.807, 2.05) is 31.2 Å². The Morgan fingerprint density at radius 2 is 1.85 bits per heavy atom. The molecule has 3 amide bonds. The molecular weight excluding hydrogens is 366 g/mol. The van der Waals surface area contributed by atoms with Crippen molar-refractivity contribution >= 4 is 40.7 Å². The standard InChI is InChI=1S/C20H20ClN3O3/c1-12-3-6-15(7-4-12)24-11-13(9-18(24)25)19(26)23-14-5-8-17(21)16(10-14)20(27)22-2/h3-8,10,13H,9,11H2,1-2H3,(H,22,27)(H,23,26). The highest BCUT2D eigenvalue weighted by Crippen LogP contribution is 2.27. The van der Waals surface area contributed by atoms with Crippen LogP contribution >= 0.6 is 11.6 Å². The molecule has 2 N–H and O–H groups in total. The van der Waals surface area contributed by atoms with Gasteiger partial charge in [0.15, 0.2) is 0 Å². The van der Waals surface area contributed by atoms with E-state index < -0.39 is 5.92 Å². The number of amides is 3. The molecule has 0 bridgehead atoms. The molecule has 1 aliphatic heterocycles. The Kier molecular flexibility index (Phi) is 5.46. The summed E-state index contributed by atoms with van der Waals surface area (Å²) in [6, 6.07) is 12.3. The van der Waals surface area contributed by atoms with Crippen LogP contribution in [0.5, 0.6) is 0 Å². The summed E-state index contributed by atoms with van der Waals surface area (Å²) in [4.78, 5) is 38.4. The summed E-state index contributed by atoms with van der Waals surface area (Å²) in [6.07, 6.45) is 0.148. The molecular formula is C20H20ClN3O3. The average Bonchev–Trinajstić information content (AvgIpc) is 3.05. The fourth-order valence-corrected chi connectivity index (χ4v) is 3.22. The minimum absolute atomic E-state index is 0.0823. The molecule has 0 aliphatic carbocycles. The van der Waals surface area contributed by atoms with Crippen molar-refractivity contribution in [3.05, 3.63) is 58.6 Å². The summed E-state index contributed by atoms with van der Waals surface area (Å²) in [6.45, 7) is 2.30. The molecule has 7 heteroatoms. The zero-order valence-electron chi connectivity index (χ0n) is 15.1. The lowest BCUT2D eigenvalue weighted by molar-refractivity contribution is -0.122. The van der Waals surface area contributed by atoms with Crippen LogP contribution in [0.2, 0.25) is 5.02 Å². The normalized spacial score (nSPS) is 16.3. The number of nitrogens with zero attached hydrogens (tertiary/aromatic N) is 1. The van der Waals surface area contributed by atoms with Gasteiger partial charge in [0.25, 0.3) is 5.91 Å². The largest absolute Gasteiger partial charge is 0.355 e. The van der Waals surface area contributed by atoms with E-state index in [4.69, 9.17) is 11.6 Å². The summed E-state index contributed by atoms with van der Waals surface area (Å²) < 4.78 is 0. The van der Waals surface area contributed by atoms with E-state index in [1.54, 1.807) is 17.0 Å². The number of benzene rings is 2. The summed E-state index contributed by atoms with van der Waals surface area (Å²) >= 11 is 6.03. The monoisotopic (exact) mass is 385 g/mol. The zero-order chi connectivity index (χ0) is 19.6. The number of aryl methyl sites for hydroxylation is 1. The van der Waals surface area contributed by atoms with E-state index in [0.717, 1.165) is 11.3 Å². The first kappa shape index (κ1) is 18.9. The number of nitrogens with one attached hydrogen (secondary N) is 2. The van der Waals surface area contributed by atoms with E-state index in [2.05, 4.69) is 10.6 Å². The van der Waals surface area contributed by atoms with Crippen molar-refractivity contribution < 1.29 is 14.4 Å². The van der Waals surface area contributed by atoms with Gasteiger partial charge in [-0.2, -0.15) is 0 Å². The highest BCUT2D eigenvalue weighted by Gasteiger charge is 2.35. The van der Waals surface area contributed by atoms with Gasteiger partial charge in [-0.05, 0) is 37.3 Å². The molecule has 1 saturated heterocycles. The lowest BCUT2D eigenvalue weighted by Crippen LogP contribution is -2.28. The van der Waals surface area contributed by atoms with Crippen molar-refractivity contribution in [3.63, 3.8) is 0 Å². The maximum atomic E-state index is 12.6. The molecule has 140 valence electrons. The maximum absolute atomic E-state index is 12.6. The SMILES string of the molecule is CNC(=O)c1cc(NC(=O)C2CC(=O)N(c3ccc(C)cc3)C2)ccc1Cl. The predicted octanol–water partition coefficient (Wildman–Crippen LogP) is 3.00. The van der Waals surface area contributed by atoms with E-state index in [9.17, 15) is 14.4 Å². The molecule has 2 aromatic carbocycles. The Labute approximate surface area is 162 Å². The quantitative estimate of drug-likeness (QED) is 0.849. The van der Waals surface area contributed by atoms with Crippen LogP contribution in [0.1, 0.15) is 22.3 Å². The van der Waals surface area contributed by atoms with Gasteiger partial charge in [0.05, 0.1) is 16.5 Å². The first-order valence-electron chi connectivity index (χ1n) is 8.58. The van der Waals surface area contributed by atoms with Crippen molar-refractivity contribution in [1.29, 1.82) is 0 Å². The van der Waals surface area contributed by atoms with Crippen LogP contribution in [0.25, 0.3) is 0 Å². The van der Waals surface area contributed by atoms with Crippen molar-refractivity contribution in [3.8, 4) is 0 Å². The van der Waals surface area contributed by atoms with Crippen molar-refractivity contribution in [1.82, 2.24) is 5.32 Å². The second kappa shape index (κ2) is 7.80. The highest BCUT2D eigenvalue weighted by molar-refractivity contribution is 6.34. The van der Waals surface area contributed by atoms with Gasteiger partial charge in [-0.15, -0.1) is 0 Å². The Balaban J connectivity index is 1.71. The van der Waals surface area contributed by atoms with E-state index in [-0.39, 0.29) is 29.7 Å². The van der Waals surface area contributed by atoms with Crippen molar-refractivity contribution in [2.45, 2.75) is 13.3 Å². The lowest BCUT2D eigenvalue weighted by atomic mass is 10.1. The second-order valence-electron chi connectivity index (χ2n) is 6.50. The van der Waals surface area contributed by atoms with E-state index in [0.29, 0.717) is 17.3 Å². The molecule has 0 aromatic heterocycles. The zero-order valence-corrected chi connectivity index (χ0v) is 15.8. The summed E-state index contributed by atoms with van der Waals surface area (Å²) in [7, 11) is 1.51. The van der Waals surface area contributed by atoms with Gasteiger partial charge in [-0.3, -0.25) is 14.4 Å². The van der Waals surface area contributed by atoms with Crippen LogP contribution in [0.4, 0.5) is 11.4 Å². The van der Waals surface area contributed by atoms with E-state index in [1.165, 1.54) is 13.1 Å². The van der Waals surface area contributed by atoms with Gasteiger partial charge >= 0.3 is 0 Å². The first-order valence-corrected chi connectivity index (χ1v) is 8.96. The van der Waals surface area contributed by atoms with Gasteiger partial charge < -0.3 is 15.5 Å². The van der Waals surface area contributed by atoms with E-state index >= 15 is 0 Å². The van der Waals surface area contributed by atoms with Crippen LogP contribution in [-0.2, 0) is 9.59 Å². The molecule has 0 spiro atoms. The number of hydrogen-bond donors (Lipinski definition) is 2. The van der Waals surface area contributed by atoms with Gasteiger partial charge in [-0.1, -0.05) is 29.3 Å². The van der Waals surface area contributed by atoms with Gasteiger partial charge in [0, 0.05) is 31.4 Å². The fraction of sp³-hybridized carbons (Fsp3) is 0.250. The number of rotatable bonds is 4. The van der Waals surface area contributed by atoms with Crippen molar-refractivity contribution in [2.75, 3.05) is 23.8 Å². The number of hydrogen-bond acceptors (Lipinski definition) is 3. The Hall–Kier alpha value is -2.86. The smallest absolute Gasteiger partial charge is 0.252 e. The van der Waals surface area contributed by atoms with Crippen LogP contribution in [0.15, 0.2) is 42.5 Å². The lowest BCUT2D eigenvalue weighted by Gasteiger charge is -2.17. The van der Waals surface area contributed by atoms with Gasteiger partial charge in [-0.25, -0.2) is 0 Å². The molecule has 6 nitrogen and oxygen atoms in total. The Bertz CT molecular complexity index is 896. The Morgan fingerprint density at radius 1 is 1.15 bits per heavy atom. The molecule has 27 heavy (non-hydrogen) atoms. The molecule has 0 saturated carbocycles. The van der Waals surface area contributed by atoms with Crippen molar-refractivity contribution in [2.24, 2.45) is 5.92 Å². The topological polar surface area (TPSA) is 78.5 Å². The minimum atomic E-state index is -0.460. The van der Waals surface area contributed by atoms with Gasteiger partial charge in [0.2, 0.25) is 11.8 Å². The molecule has 1 unspecified atom stereocenters. The predicted molar refractivity (Wildman–Crippen MR) is 105 cm³/mol. The van der Waals surface area contributed by atoms with Crippen LogP contribution in [0, 0.1) is 12.8 Å². The minimum Gasteiger partial charge on any atom is -0.355 e. The third-order valence-corrected chi connectivity index (χ3v) is 4.88. The average molecular weight is 386 g/mol. The molecule has 1 atom stereocenters. The molecule has 1 aliphatic rings. The summed E-state index contributed by atoms with van der Waals surface area (Å²) in [5, 5.41) is 5.58. The molecule has 1 heterocycles. The Morgan fingerprint density at radius 3 is 2.52 bits per heavy atom. The highest BCUT2D eigenvalue weighted by atomic mass is 35.5. The number of anilines is 2. The summed E-state index contributed by atoms with van der Waals surface area (Å²) in [5.41, 5.74) is 2.63. The third kappa shape index (κ3) is 4.11. The van der Waals surface area contributed by atoms with Crippen LogP contribution in [-0.4, -0.2) is 31.3 Å². The molecule has 0 radical (unpaired) electrons.